The Morgan fingerprint density at radius 2 is 1.11 bits per heavy atom. The first-order chi connectivity index (χ1) is 21.9. The first kappa shape index (κ1) is 35.3. The van der Waals surface area contributed by atoms with Crippen LogP contribution in [0, 0.1) is 0 Å². The van der Waals surface area contributed by atoms with Crippen molar-refractivity contribution in [3.63, 3.8) is 0 Å². The standard InChI is InChI=1S/C35H42N4O7/c1-35(2,3)46-34(44)39-27(19-20-30(36)40)31(41)37-28(21-24-13-7-4-8-14-24)32(42)38-29(22-25-15-9-5-10-16-25)33(43)45-23-26-17-11-6-12-18-26/h4-18,27-29H,19-23H2,1-3H3,(H2,36,40)(H,37,41)(H,38,42)(H,39,44)/t27-,28-,29-/m0/s1. The van der Waals surface area contributed by atoms with Crippen molar-refractivity contribution >= 4 is 29.8 Å². The van der Waals surface area contributed by atoms with Crippen molar-refractivity contribution < 1.29 is 33.4 Å². The molecule has 3 rings (SSSR count). The highest BCUT2D eigenvalue weighted by molar-refractivity contribution is 5.93. The maximum Gasteiger partial charge on any atom is 0.408 e. The monoisotopic (exact) mass is 630 g/mol. The number of amides is 4. The van der Waals surface area contributed by atoms with Gasteiger partial charge in [-0.25, -0.2) is 9.59 Å². The molecule has 0 unspecified atom stereocenters. The fourth-order valence-electron chi connectivity index (χ4n) is 4.48. The fraction of sp³-hybridized carbons (Fsp3) is 0.343. The van der Waals surface area contributed by atoms with E-state index < -0.39 is 53.5 Å². The molecule has 3 aromatic rings. The van der Waals surface area contributed by atoms with E-state index >= 15 is 0 Å². The molecule has 11 nitrogen and oxygen atoms in total. The first-order valence-corrected chi connectivity index (χ1v) is 15.1. The van der Waals surface area contributed by atoms with E-state index in [1.165, 1.54) is 0 Å². The van der Waals surface area contributed by atoms with Gasteiger partial charge in [-0.3, -0.25) is 14.4 Å². The molecule has 5 N–H and O–H groups in total. The number of nitrogens with one attached hydrogen (secondary N) is 3. The highest BCUT2D eigenvalue weighted by Crippen LogP contribution is 2.11. The molecule has 46 heavy (non-hydrogen) atoms. The Balaban J connectivity index is 1.83. The summed E-state index contributed by atoms with van der Waals surface area (Å²) in [6.45, 7) is 5.02. The number of alkyl carbamates (subject to hydrolysis) is 1. The third kappa shape index (κ3) is 12.8. The highest BCUT2D eigenvalue weighted by Gasteiger charge is 2.31. The minimum Gasteiger partial charge on any atom is -0.459 e. The molecule has 244 valence electrons. The van der Waals surface area contributed by atoms with Gasteiger partial charge < -0.3 is 31.2 Å². The van der Waals surface area contributed by atoms with Crippen LogP contribution in [0.25, 0.3) is 0 Å². The van der Waals surface area contributed by atoms with Crippen molar-refractivity contribution in [3.05, 3.63) is 108 Å². The van der Waals surface area contributed by atoms with Gasteiger partial charge in [0.15, 0.2) is 0 Å². The third-order valence-corrected chi connectivity index (χ3v) is 6.71. The number of hydrogen-bond donors (Lipinski definition) is 4. The van der Waals surface area contributed by atoms with Crippen LogP contribution in [0.1, 0.15) is 50.3 Å². The van der Waals surface area contributed by atoms with Crippen molar-refractivity contribution in [1.29, 1.82) is 0 Å². The van der Waals surface area contributed by atoms with Gasteiger partial charge in [0.25, 0.3) is 0 Å². The molecule has 0 aliphatic heterocycles. The summed E-state index contributed by atoms with van der Waals surface area (Å²) in [7, 11) is 0. The number of primary amides is 1. The molecule has 3 aromatic carbocycles. The summed E-state index contributed by atoms with van der Waals surface area (Å²) < 4.78 is 10.9. The highest BCUT2D eigenvalue weighted by atomic mass is 16.6. The zero-order valence-corrected chi connectivity index (χ0v) is 26.4. The molecular formula is C35H42N4O7. The Labute approximate surface area is 269 Å². The topological polar surface area (TPSA) is 166 Å². The lowest BCUT2D eigenvalue weighted by Crippen LogP contribution is -2.57. The van der Waals surface area contributed by atoms with Crippen molar-refractivity contribution in [1.82, 2.24) is 16.0 Å². The molecule has 4 amide bonds. The van der Waals surface area contributed by atoms with Gasteiger partial charge in [-0.1, -0.05) is 91.0 Å². The van der Waals surface area contributed by atoms with Crippen molar-refractivity contribution in [2.45, 2.75) is 76.8 Å². The second kappa shape index (κ2) is 17.3. The van der Waals surface area contributed by atoms with Gasteiger partial charge in [0.05, 0.1) is 0 Å². The van der Waals surface area contributed by atoms with Crippen molar-refractivity contribution in [3.8, 4) is 0 Å². The second-order valence-corrected chi connectivity index (χ2v) is 11.8. The number of ether oxygens (including phenoxy) is 2. The number of carbonyl (C=O) groups excluding carboxylic acids is 5. The van der Waals surface area contributed by atoms with Crippen LogP contribution in [0.15, 0.2) is 91.0 Å². The summed E-state index contributed by atoms with van der Waals surface area (Å²) in [5.41, 5.74) is 6.79. The average Bonchev–Trinajstić information content (AvgIpc) is 3.01. The number of nitrogens with two attached hydrogens (primary N) is 1. The van der Waals surface area contributed by atoms with Crippen LogP contribution < -0.4 is 21.7 Å². The van der Waals surface area contributed by atoms with Crippen LogP contribution in [0.5, 0.6) is 0 Å². The van der Waals surface area contributed by atoms with E-state index in [2.05, 4.69) is 16.0 Å². The summed E-state index contributed by atoms with van der Waals surface area (Å²) in [5, 5.41) is 7.95. The zero-order chi connectivity index (χ0) is 33.5. The van der Waals surface area contributed by atoms with Gasteiger partial charge >= 0.3 is 12.1 Å². The van der Waals surface area contributed by atoms with Gasteiger partial charge in [-0.05, 0) is 43.9 Å². The molecule has 0 spiro atoms. The van der Waals surface area contributed by atoms with Crippen LogP contribution in [-0.2, 0) is 48.1 Å². The molecule has 0 heterocycles. The summed E-state index contributed by atoms with van der Waals surface area (Å²) in [5.74, 6) is -2.67. The predicted molar refractivity (Wildman–Crippen MR) is 172 cm³/mol. The number of rotatable bonds is 15. The summed E-state index contributed by atoms with van der Waals surface area (Å²) >= 11 is 0. The number of carbonyl (C=O) groups is 5. The molecular weight excluding hydrogens is 588 g/mol. The Bertz CT molecular complexity index is 1440. The van der Waals surface area contributed by atoms with Crippen LogP contribution in [0.3, 0.4) is 0 Å². The molecule has 0 radical (unpaired) electrons. The van der Waals surface area contributed by atoms with E-state index in [1.807, 2.05) is 66.7 Å². The maximum absolute atomic E-state index is 13.8. The van der Waals surface area contributed by atoms with Crippen molar-refractivity contribution in [2.24, 2.45) is 5.73 Å². The molecule has 0 saturated carbocycles. The maximum atomic E-state index is 13.8. The summed E-state index contributed by atoms with van der Waals surface area (Å²) in [4.78, 5) is 64.7. The Morgan fingerprint density at radius 3 is 1.61 bits per heavy atom. The van der Waals surface area contributed by atoms with Crippen LogP contribution in [0.4, 0.5) is 4.79 Å². The van der Waals surface area contributed by atoms with Gasteiger partial charge in [-0.2, -0.15) is 0 Å². The quantitative estimate of drug-likeness (QED) is 0.187. The minimum atomic E-state index is -1.23. The third-order valence-electron chi connectivity index (χ3n) is 6.71. The van der Waals surface area contributed by atoms with E-state index in [1.54, 1.807) is 45.0 Å². The van der Waals surface area contributed by atoms with E-state index in [0.29, 0.717) is 0 Å². The number of esters is 1. The smallest absolute Gasteiger partial charge is 0.408 e. The molecule has 0 aromatic heterocycles. The molecule has 11 heteroatoms. The second-order valence-electron chi connectivity index (χ2n) is 11.8. The Kier molecular flexibility index (Phi) is 13.3. The van der Waals surface area contributed by atoms with Gasteiger partial charge in [0, 0.05) is 19.3 Å². The van der Waals surface area contributed by atoms with Crippen LogP contribution in [-0.4, -0.2) is 53.5 Å². The molecule has 3 atom stereocenters. The normalized spacial score (nSPS) is 12.9. The predicted octanol–water partition coefficient (Wildman–Crippen LogP) is 3.34. The molecule has 0 aliphatic rings. The number of benzene rings is 3. The van der Waals surface area contributed by atoms with E-state index in [4.69, 9.17) is 15.2 Å². The largest absolute Gasteiger partial charge is 0.459 e. The van der Waals surface area contributed by atoms with Gasteiger partial charge in [-0.15, -0.1) is 0 Å². The van der Waals surface area contributed by atoms with Gasteiger partial charge in [0.1, 0.15) is 30.3 Å². The van der Waals surface area contributed by atoms with Crippen molar-refractivity contribution in [2.75, 3.05) is 0 Å². The Morgan fingerprint density at radius 1 is 0.652 bits per heavy atom. The zero-order valence-electron chi connectivity index (χ0n) is 26.4. The van der Waals surface area contributed by atoms with E-state index in [0.717, 1.165) is 16.7 Å². The molecule has 0 aliphatic carbocycles. The summed E-state index contributed by atoms with van der Waals surface area (Å²) in [6, 6.07) is 23.9. The first-order valence-electron chi connectivity index (χ1n) is 15.1. The van der Waals surface area contributed by atoms with Gasteiger partial charge in [0.2, 0.25) is 17.7 Å². The van der Waals surface area contributed by atoms with Crippen LogP contribution in [0.2, 0.25) is 0 Å². The van der Waals surface area contributed by atoms with E-state index in [9.17, 15) is 24.0 Å². The number of hydrogen-bond acceptors (Lipinski definition) is 7. The summed E-state index contributed by atoms with van der Waals surface area (Å²) in [6.07, 6.45) is -0.971. The lowest BCUT2D eigenvalue weighted by Gasteiger charge is -2.26. The van der Waals surface area contributed by atoms with E-state index in [-0.39, 0.29) is 32.3 Å². The minimum absolute atomic E-state index is 0.0168. The lowest BCUT2D eigenvalue weighted by molar-refractivity contribution is -0.149. The van der Waals surface area contributed by atoms with Crippen LogP contribution >= 0.6 is 0 Å². The average molecular weight is 631 g/mol. The molecule has 0 saturated heterocycles. The molecule has 0 bridgehead atoms. The Hall–Kier alpha value is -5.19. The SMILES string of the molecule is CC(C)(C)OC(=O)N[C@@H](CCC(N)=O)C(=O)N[C@@H](Cc1ccccc1)C(=O)N[C@@H](Cc1ccccc1)C(=O)OCc1ccccc1. The molecule has 0 fully saturated rings. The lowest BCUT2D eigenvalue weighted by atomic mass is 10.0. The fourth-order valence-corrected chi connectivity index (χ4v) is 4.48.